The highest BCUT2D eigenvalue weighted by Crippen LogP contribution is 2.34. The Balaban J connectivity index is 1.95. The van der Waals surface area contributed by atoms with Crippen molar-refractivity contribution in [3.63, 3.8) is 0 Å². The van der Waals surface area contributed by atoms with Crippen LogP contribution < -0.4 is 0 Å². The number of hydrogen-bond acceptors (Lipinski definition) is 3. The maximum Gasteiger partial charge on any atom is 0.326 e. The van der Waals surface area contributed by atoms with Crippen molar-refractivity contribution in [3.05, 3.63) is 35.9 Å². The van der Waals surface area contributed by atoms with Crippen LogP contribution in [-0.4, -0.2) is 38.4 Å². The fourth-order valence-electron chi connectivity index (χ4n) is 3.49. The maximum atomic E-state index is 6.79. The molecule has 25 heavy (non-hydrogen) atoms. The van der Waals surface area contributed by atoms with Crippen molar-refractivity contribution in [2.24, 2.45) is 0 Å². The second-order valence-electron chi connectivity index (χ2n) is 7.81. The first kappa shape index (κ1) is 21.1. The lowest BCUT2D eigenvalue weighted by atomic mass is 10.2. The zero-order valence-electron chi connectivity index (χ0n) is 16.7. The molecule has 1 aliphatic rings. The van der Waals surface area contributed by atoms with E-state index in [-0.39, 0.29) is 5.41 Å². The Hall–Kier alpha value is -0.249. The summed E-state index contributed by atoms with van der Waals surface area (Å²) in [7, 11) is -4.51. The number of hydrogen-bond donors (Lipinski definition) is 0. The topological polar surface area (TPSA) is 27.7 Å². The molecule has 0 aliphatic carbocycles. The molecule has 1 aromatic rings. The molecule has 1 saturated heterocycles. The second kappa shape index (κ2) is 9.62. The van der Waals surface area contributed by atoms with Crippen LogP contribution in [0.3, 0.4) is 0 Å². The molecule has 142 valence electrons. The summed E-state index contributed by atoms with van der Waals surface area (Å²) in [4.78, 5) is 0. The Bertz CT molecular complexity index is 506. The first-order valence-electron chi connectivity index (χ1n) is 9.95. The smallest absolute Gasteiger partial charge is 0.326 e. The van der Waals surface area contributed by atoms with Crippen molar-refractivity contribution >= 4 is 26.4 Å². The van der Waals surface area contributed by atoms with Gasteiger partial charge in [-0.1, -0.05) is 50.3 Å². The van der Waals surface area contributed by atoms with Crippen LogP contribution in [0.25, 0.3) is 0 Å². The van der Waals surface area contributed by atoms with Crippen molar-refractivity contribution in [2.45, 2.75) is 76.3 Å². The van der Waals surface area contributed by atoms with Gasteiger partial charge in [-0.3, -0.25) is 0 Å². The predicted octanol–water partition coefficient (Wildman–Crippen LogP) is 4.63. The molecule has 2 rings (SSSR count). The van der Waals surface area contributed by atoms with Gasteiger partial charge in [0.1, 0.15) is 14.2 Å². The Labute approximate surface area is 158 Å². The SMILES string of the molecule is CC[Si](C)(O[SiH](C)CCc1ccccc1)OC1([SiH](C)C)CCCCO1. The van der Waals surface area contributed by atoms with E-state index in [9.17, 15) is 0 Å². The Morgan fingerprint density at radius 2 is 1.88 bits per heavy atom. The van der Waals surface area contributed by atoms with Gasteiger partial charge in [0.2, 0.25) is 0 Å². The molecule has 0 aromatic heterocycles. The highest BCUT2D eigenvalue weighted by atomic mass is 28.4. The summed E-state index contributed by atoms with van der Waals surface area (Å²) in [6, 6.07) is 12.9. The summed E-state index contributed by atoms with van der Waals surface area (Å²) in [5, 5.41) is 0. The fourth-order valence-corrected chi connectivity index (χ4v) is 12.9. The van der Waals surface area contributed by atoms with Gasteiger partial charge in [0.05, 0.1) is 0 Å². The van der Waals surface area contributed by atoms with E-state index >= 15 is 0 Å². The minimum atomic E-state index is -2.18. The van der Waals surface area contributed by atoms with Crippen LogP contribution in [0.4, 0.5) is 0 Å². The van der Waals surface area contributed by atoms with E-state index in [1.165, 1.54) is 24.4 Å². The van der Waals surface area contributed by atoms with Crippen molar-refractivity contribution in [3.8, 4) is 0 Å². The van der Waals surface area contributed by atoms with E-state index in [1.807, 2.05) is 0 Å². The average molecular weight is 397 g/mol. The van der Waals surface area contributed by atoms with Gasteiger partial charge in [-0.25, -0.2) is 0 Å². The van der Waals surface area contributed by atoms with Crippen LogP contribution >= 0.6 is 0 Å². The molecule has 1 aromatic carbocycles. The molecule has 3 atom stereocenters. The van der Waals surface area contributed by atoms with E-state index < -0.39 is 26.4 Å². The van der Waals surface area contributed by atoms with Crippen LogP contribution in [0.2, 0.25) is 38.3 Å². The van der Waals surface area contributed by atoms with Crippen LogP contribution in [0.5, 0.6) is 0 Å². The zero-order chi connectivity index (χ0) is 18.3. The van der Waals surface area contributed by atoms with Crippen molar-refractivity contribution < 1.29 is 13.3 Å². The summed E-state index contributed by atoms with van der Waals surface area (Å²) in [6.07, 6.45) is 4.56. The lowest BCUT2D eigenvalue weighted by molar-refractivity contribution is -0.161. The molecule has 0 spiro atoms. The Kier molecular flexibility index (Phi) is 8.10. The predicted molar refractivity (Wildman–Crippen MR) is 114 cm³/mol. The third kappa shape index (κ3) is 6.15. The highest BCUT2D eigenvalue weighted by Gasteiger charge is 2.46. The summed E-state index contributed by atoms with van der Waals surface area (Å²) in [6.45, 7) is 12.4. The molecule has 0 bridgehead atoms. The first-order chi connectivity index (χ1) is 11.9. The van der Waals surface area contributed by atoms with Gasteiger partial charge in [-0.05, 0) is 56.4 Å². The zero-order valence-corrected chi connectivity index (χ0v) is 20.0. The molecule has 1 aliphatic heterocycles. The molecule has 1 heterocycles. The van der Waals surface area contributed by atoms with Crippen LogP contribution in [0.1, 0.15) is 31.7 Å². The van der Waals surface area contributed by atoms with Crippen LogP contribution in [-0.2, 0) is 19.7 Å². The lowest BCUT2D eigenvalue weighted by Gasteiger charge is -2.46. The van der Waals surface area contributed by atoms with E-state index in [2.05, 4.69) is 63.4 Å². The third-order valence-electron chi connectivity index (χ3n) is 5.31. The molecule has 0 radical (unpaired) electrons. The fraction of sp³-hybridized carbons (Fsp3) is 0.684. The van der Waals surface area contributed by atoms with Crippen molar-refractivity contribution in [1.82, 2.24) is 0 Å². The van der Waals surface area contributed by atoms with Gasteiger partial charge in [-0.15, -0.1) is 0 Å². The average Bonchev–Trinajstić information content (AvgIpc) is 2.61. The van der Waals surface area contributed by atoms with Gasteiger partial charge >= 0.3 is 8.56 Å². The Morgan fingerprint density at radius 3 is 2.44 bits per heavy atom. The van der Waals surface area contributed by atoms with Crippen LogP contribution in [0, 0.1) is 0 Å². The van der Waals surface area contributed by atoms with E-state index in [0.717, 1.165) is 25.5 Å². The van der Waals surface area contributed by atoms with E-state index in [4.69, 9.17) is 13.3 Å². The summed E-state index contributed by atoms with van der Waals surface area (Å²) < 4.78 is 19.7. The summed E-state index contributed by atoms with van der Waals surface area (Å²) in [5.74, 6) is 0. The number of rotatable bonds is 9. The highest BCUT2D eigenvalue weighted by molar-refractivity contribution is 6.75. The largest absolute Gasteiger partial charge is 0.439 e. The molecule has 6 heteroatoms. The minimum Gasteiger partial charge on any atom is -0.439 e. The Morgan fingerprint density at radius 1 is 1.16 bits per heavy atom. The lowest BCUT2D eigenvalue weighted by Crippen LogP contribution is -2.58. The minimum absolute atomic E-state index is 0.289. The van der Waals surface area contributed by atoms with Gasteiger partial charge in [0, 0.05) is 6.61 Å². The molecular weight excluding hydrogens is 360 g/mol. The van der Waals surface area contributed by atoms with E-state index in [0.29, 0.717) is 0 Å². The number of benzene rings is 1. The van der Waals surface area contributed by atoms with Gasteiger partial charge < -0.3 is 13.3 Å². The maximum absolute atomic E-state index is 6.79. The van der Waals surface area contributed by atoms with Gasteiger partial charge in [-0.2, -0.15) is 0 Å². The second-order valence-corrected chi connectivity index (χ2v) is 17.3. The van der Waals surface area contributed by atoms with E-state index in [1.54, 1.807) is 0 Å². The standard InChI is InChI=1S/C19H36O3Si3/c1-6-25(5,21-19(23(2)3)15-10-11-16-20-19)22-24(4)17-14-18-12-8-7-9-13-18/h7-9,12-13,23-24H,6,10-11,14-17H2,1-5H3. The third-order valence-corrected chi connectivity index (χ3v) is 14.6. The monoisotopic (exact) mass is 396 g/mol. The molecule has 0 amide bonds. The number of ether oxygens (including phenoxy) is 1. The molecule has 0 saturated carbocycles. The summed E-state index contributed by atoms with van der Waals surface area (Å²) in [5.41, 5.74) is 1.12. The van der Waals surface area contributed by atoms with Crippen LogP contribution in [0.15, 0.2) is 30.3 Å². The number of aryl methyl sites for hydroxylation is 1. The first-order valence-corrected chi connectivity index (χ1v) is 17.8. The molecule has 0 N–H and O–H groups in total. The molecular formula is C19H36O3Si3. The van der Waals surface area contributed by atoms with Gasteiger partial charge in [0.25, 0.3) is 0 Å². The summed E-state index contributed by atoms with van der Waals surface area (Å²) >= 11 is 0. The van der Waals surface area contributed by atoms with Crippen molar-refractivity contribution in [1.29, 1.82) is 0 Å². The quantitative estimate of drug-likeness (QED) is 0.570. The normalized spacial score (nSPS) is 24.9. The molecule has 3 nitrogen and oxygen atoms in total. The van der Waals surface area contributed by atoms with Crippen molar-refractivity contribution in [2.75, 3.05) is 6.61 Å². The molecule has 3 unspecified atom stereocenters. The molecule has 1 fully saturated rings. The van der Waals surface area contributed by atoms with Gasteiger partial charge in [0.15, 0.2) is 9.04 Å².